The second-order valence-corrected chi connectivity index (χ2v) is 6.93. The van der Waals surface area contributed by atoms with Crippen LogP contribution in [0.5, 0.6) is 0 Å². The maximum absolute atomic E-state index is 14.1. The molecule has 0 saturated heterocycles. The molecular formula is C20H14FN2S+. The first-order valence-electron chi connectivity index (χ1n) is 7.60. The molecule has 4 rings (SSSR count). The lowest BCUT2D eigenvalue weighted by Gasteiger charge is -2.05. The van der Waals surface area contributed by atoms with Gasteiger partial charge in [-0.3, -0.25) is 0 Å². The first-order valence-corrected chi connectivity index (χ1v) is 8.42. The summed E-state index contributed by atoms with van der Waals surface area (Å²) in [6.45, 7) is 2.09. The third kappa shape index (κ3) is 2.10. The summed E-state index contributed by atoms with van der Waals surface area (Å²) in [7, 11) is 2.02. The van der Waals surface area contributed by atoms with Crippen molar-refractivity contribution >= 4 is 31.5 Å². The zero-order valence-electron chi connectivity index (χ0n) is 13.3. The normalized spacial score (nSPS) is 11.1. The Balaban J connectivity index is 2.15. The van der Waals surface area contributed by atoms with Crippen molar-refractivity contribution in [2.45, 2.75) is 6.92 Å². The number of thiophene rings is 1. The van der Waals surface area contributed by atoms with E-state index in [1.54, 1.807) is 17.4 Å². The minimum atomic E-state index is -0.461. The lowest BCUT2D eigenvalue weighted by atomic mass is 10.0. The van der Waals surface area contributed by atoms with E-state index in [9.17, 15) is 4.39 Å². The van der Waals surface area contributed by atoms with E-state index >= 15 is 0 Å². The first kappa shape index (κ1) is 14.8. The molecule has 0 spiro atoms. The summed E-state index contributed by atoms with van der Waals surface area (Å²) in [6, 6.07) is 15.3. The van der Waals surface area contributed by atoms with Crippen LogP contribution in [-0.4, -0.2) is 0 Å². The number of fused-ring (bicyclic) bond motifs is 3. The van der Waals surface area contributed by atoms with Crippen molar-refractivity contribution in [2.75, 3.05) is 0 Å². The van der Waals surface area contributed by atoms with E-state index in [1.807, 2.05) is 37.5 Å². The van der Waals surface area contributed by atoms with Crippen LogP contribution in [0.4, 0.5) is 4.39 Å². The summed E-state index contributed by atoms with van der Waals surface area (Å²) >= 11 is 1.61. The number of hydrogen-bond acceptors (Lipinski definition) is 2. The van der Waals surface area contributed by atoms with Gasteiger partial charge in [0, 0.05) is 32.3 Å². The molecule has 2 aromatic carbocycles. The Morgan fingerprint density at radius 3 is 2.71 bits per heavy atom. The largest absolute Gasteiger partial charge is 0.213 e. The summed E-state index contributed by atoms with van der Waals surface area (Å²) in [5.74, 6) is -0.461. The standard InChI is InChI=1S/C20H14FN2S/c1-12-6-7-14-15-10-16(21)13(11-22)9-18(15)24-20(14)19(12)17-5-3-4-8-23(17)2/h3-10H,1-2H3/q+1. The Morgan fingerprint density at radius 2 is 1.96 bits per heavy atom. The zero-order chi connectivity index (χ0) is 16.8. The van der Waals surface area contributed by atoms with Gasteiger partial charge in [-0.15, -0.1) is 11.3 Å². The number of aryl methyl sites for hydroxylation is 2. The van der Waals surface area contributed by atoms with Crippen LogP contribution >= 0.6 is 11.3 Å². The third-order valence-corrected chi connectivity index (χ3v) is 5.55. The molecule has 0 aliphatic carbocycles. The topological polar surface area (TPSA) is 27.7 Å². The van der Waals surface area contributed by atoms with Gasteiger partial charge in [0.05, 0.1) is 11.1 Å². The van der Waals surface area contributed by atoms with Crippen LogP contribution in [0.15, 0.2) is 48.7 Å². The SMILES string of the molecule is Cc1ccc2c(sc3cc(C#N)c(F)cc32)c1-c1cccc[n+]1C. The first-order chi connectivity index (χ1) is 11.6. The lowest BCUT2D eigenvalue weighted by molar-refractivity contribution is -0.660. The molecule has 0 bridgehead atoms. The van der Waals surface area contributed by atoms with Crippen LogP contribution < -0.4 is 4.57 Å². The van der Waals surface area contributed by atoms with Gasteiger partial charge in [0.25, 0.3) is 0 Å². The van der Waals surface area contributed by atoms with Crippen LogP contribution in [0.25, 0.3) is 31.4 Å². The number of hydrogen-bond donors (Lipinski definition) is 0. The Labute approximate surface area is 143 Å². The molecule has 24 heavy (non-hydrogen) atoms. The summed E-state index contributed by atoms with van der Waals surface area (Å²) in [5.41, 5.74) is 3.55. The van der Waals surface area contributed by atoms with Gasteiger partial charge in [0.2, 0.25) is 5.69 Å². The Hall–Kier alpha value is -2.77. The molecule has 0 saturated carbocycles. The summed E-state index contributed by atoms with van der Waals surface area (Å²) in [4.78, 5) is 0. The van der Waals surface area contributed by atoms with Crippen LogP contribution in [0.3, 0.4) is 0 Å². The Morgan fingerprint density at radius 1 is 1.12 bits per heavy atom. The van der Waals surface area contributed by atoms with Crippen LogP contribution in [0.2, 0.25) is 0 Å². The molecule has 0 unspecified atom stereocenters. The van der Waals surface area contributed by atoms with Gasteiger partial charge in [0.15, 0.2) is 6.20 Å². The third-order valence-electron chi connectivity index (χ3n) is 4.37. The van der Waals surface area contributed by atoms with Crippen molar-refractivity contribution in [2.24, 2.45) is 7.05 Å². The fraction of sp³-hybridized carbons (Fsp3) is 0.100. The predicted octanol–water partition coefficient (Wildman–Crippen LogP) is 4.87. The summed E-state index contributed by atoms with van der Waals surface area (Å²) < 4.78 is 18.2. The second kappa shape index (κ2) is 5.40. The maximum Gasteiger partial charge on any atom is 0.213 e. The lowest BCUT2D eigenvalue weighted by Crippen LogP contribution is -2.30. The average Bonchev–Trinajstić information content (AvgIpc) is 2.92. The number of nitriles is 1. The number of nitrogens with zero attached hydrogens (tertiary/aromatic N) is 2. The van der Waals surface area contributed by atoms with Crippen LogP contribution in [0, 0.1) is 24.1 Å². The molecule has 4 heteroatoms. The number of benzene rings is 2. The van der Waals surface area contributed by atoms with Crippen LogP contribution in [0.1, 0.15) is 11.1 Å². The highest BCUT2D eigenvalue weighted by atomic mass is 32.1. The van der Waals surface area contributed by atoms with E-state index in [0.29, 0.717) is 0 Å². The molecule has 0 amide bonds. The Bertz CT molecular complexity index is 1150. The van der Waals surface area contributed by atoms with E-state index in [4.69, 9.17) is 5.26 Å². The fourth-order valence-electron chi connectivity index (χ4n) is 3.14. The summed E-state index contributed by atoms with van der Waals surface area (Å²) in [6.07, 6.45) is 2.02. The highest BCUT2D eigenvalue weighted by Gasteiger charge is 2.19. The molecule has 4 aromatic rings. The molecule has 0 N–H and O–H groups in total. The maximum atomic E-state index is 14.1. The number of pyridine rings is 1. The molecule has 116 valence electrons. The minimum Gasteiger partial charge on any atom is -0.206 e. The van der Waals surface area contributed by atoms with Crippen molar-refractivity contribution in [3.8, 4) is 17.3 Å². The van der Waals surface area contributed by atoms with Crippen LogP contribution in [-0.2, 0) is 7.05 Å². The van der Waals surface area contributed by atoms with Crippen molar-refractivity contribution in [1.29, 1.82) is 5.26 Å². The number of aromatic nitrogens is 1. The highest BCUT2D eigenvalue weighted by molar-refractivity contribution is 7.26. The average molecular weight is 333 g/mol. The van der Waals surface area contributed by atoms with E-state index in [1.165, 1.54) is 11.6 Å². The van der Waals surface area contributed by atoms with Gasteiger partial charge in [0.1, 0.15) is 18.9 Å². The van der Waals surface area contributed by atoms with Gasteiger partial charge in [-0.1, -0.05) is 12.1 Å². The second-order valence-electron chi connectivity index (χ2n) is 5.87. The highest BCUT2D eigenvalue weighted by Crippen LogP contribution is 2.41. The molecule has 0 radical (unpaired) electrons. The molecule has 2 aromatic heterocycles. The zero-order valence-corrected chi connectivity index (χ0v) is 14.1. The minimum absolute atomic E-state index is 0.0950. The monoisotopic (exact) mass is 333 g/mol. The van der Waals surface area contributed by atoms with Crippen molar-refractivity contribution in [1.82, 2.24) is 0 Å². The van der Waals surface area contributed by atoms with Crippen molar-refractivity contribution in [3.05, 3.63) is 65.6 Å². The molecule has 0 aliphatic rings. The van der Waals surface area contributed by atoms with E-state index < -0.39 is 5.82 Å². The molecule has 0 atom stereocenters. The smallest absolute Gasteiger partial charge is 0.206 e. The molecule has 2 heterocycles. The molecule has 2 nitrogen and oxygen atoms in total. The van der Waals surface area contributed by atoms with E-state index in [-0.39, 0.29) is 5.56 Å². The van der Waals surface area contributed by atoms with Crippen molar-refractivity contribution < 1.29 is 8.96 Å². The van der Waals surface area contributed by atoms with Gasteiger partial charge in [-0.05, 0) is 30.7 Å². The summed E-state index contributed by atoms with van der Waals surface area (Å²) in [5, 5.41) is 11.0. The fourth-order valence-corrected chi connectivity index (χ4v) is 4.48. The van der Waals surface area contributed by atoms with Crippen molar-refractivity contribution in [3.63, 3.8) is 0 Å². The molecular weight excluding hydrogens is 319 g/mol. The van der Waals surface area contributed by atoms with E-state index in [2.05, 4.69) is 23.6 Å². The molecule has 0 fully saturated rings. The van der Waals surface area contributed by atoms with Gasteiger partial charge >= 0.3 is 0 Å². The van der Waals surface area contributed by atoms with E-state index in [0.717, 1.165) is 31.4 Å². The molecule has 0 aliphatic heterocycles. The Kier molecular flexibility index (Phi) is 3.33. The number of halogens is 1. The number of rotatable bonds is 1. The quantitative estimate of drug-likeness (QED) is 0.457. The van der Waals surface area contributed by atoms with Gasteiger partial charge < -0.3 is 0 Å². The predicted molar refractivity (Wildman–Crippen MR) is 95.4 cm³/mol. The van der Waals surface area contributed by atoms with Gasteiger partial charge in [-0.2, -0.15) is 5.26 Å². The van der Waals surface area contributed by atoms with Gasteiger partial charge in [-0.25, -0.2) is 8.96 Å².